The van der Waals surface area contributed by atoms with E-state index < -0.39 is 0 Å². The fourth-order valence-corrected chi connectivity index (χ4v) is 2.98. The minimum Gasteiger partial charge on any atom is -0.481 e. The SMILES string of the molecule is COc1ccc(CNC2CC(c3ccccc3C)C2)cn1. The van der Waals surface area contributed by atoms with Gasteiger partial charge in [-0.2, -0.15) is 0 Å². The lowest BCUT2D eigenvalue weighted by molar-refractivity contribution is 0.288. The molecule has 1 aliphatic carbocycles. The summed E-state index contributed by atoms with van der Waals surface area (Å²) in [5, 5.41) is 3.61. The third-order valence-corrected chi connectivity index (χ3v) is 4.37. The van der Waals surface area contributed by atoms with Gasteiger partial charge in [0.1, 0.15) is 0 Å². The van der Waals surface area contributed by atoms with Gasteiger partial charge in [-0.25, -0.2) is 4.98 Å². The molecule has 0 atom stereocenters. The molecule has 0 amide bonds. The highest BCUT2D eigenvalue weighted by molar-refractivity contribution is 5.31. The largest absolute Gasteiger partial charge is 0.481 e. The molecule has 0 unspecified atom stereocenters. The molecule has 0 spiro atoms. The Morgan fingerprint density at radius 2 is 2.00 bits per heavy atom. The number of pyridine rings is 1. The second-order valence-electron chi connectivity index (χ2n) is 5.81. The van der Waals surface area contributed by atoms with Gasteiger partial charge in [-0.15, -0.1) is 0 Å². The number of aromatic nitrogens is 1. The van der Waals surface area contributed by atoms with E-state index in [9.17, 15) is 0 Å². The summed E-state index contributed by atoms with van der Waals surface area (Å²) in [5.41, 5.74) is 4.14. The number of hydrogen-bond acceptors (Lipinski definition) is 3. The first-order valence-electron chi connectivity index (χ1n) is 7.54. The maximum atomic E-state index is 5.07. The van der Waals surface area contributed by atoms with Crippen LogP contribution in [0.4, 0.5) is 0 Å². The molecule has 1 aromatic heterocycles. The highest BCUT2D eigenvalue weighted by Crippen LogP contribution is 2.38. The van der Waals surface area contributed by atoms with Gasteiger partial charge in [0.25, 0.3) is 0 Å². The first-order chi connectivity index (χ1) is 10.3. The zero-order valence-electron chi connectivity index (χ0n) is 12.7. The van der Waals surface area contributed by atoms with Crippen LogP contribution in [0.5, 0.6) is 5.88 Å². The van der Waals surface area contributed by atoms with E-state index in [0.29, 0.717) is 11.9 Å². The number of methoxy groups -OCH3 is 1. The van der Waals surface area contributed by atoms with E-state index in [1.807, 2.05) is 12.3 Å². The third-order valence-electron chi connectivity index (χ3n) is 4.37. The van der Waals surface area contributed by atoms with Crippen LogP contribution in [-0.4, -0.2) is 18.1 Å². The summed E-state index contributed by atoms with van der Waals surface area (Å²) in [4.78, 5) is 4.23. The number of rotatable bonds is 5. The van der Waals surface area contributed by atoms with Gasteiger partial charge in [0, 0.05) is 24.8 Å². The lowest BCUT2D eigenvalue weighted by Gasteiger charge is -2.37. The van der Waals surface area contributed by atoms with Gasteiger partial charge in [-0.3, -0.25) is 0 Å². The van der Waals surface area contributed by atoms with Crippen molar-refractivity contribution in [1.29, 1.82) is 0 Å². The Balaban J connectivity index is 1.48. The van der Waals surface area contributed by atoms with E-state index in [4.69, 9.17) is 4.74 Å². The topological polar surface area (TPSA) is 34.1 Å². The highest BCUT2D eigenvalue weighted by Gasteiger charge is 2.30. The summed E-state index contributed by atoms with van der Waals surface area (Å²) in [6.45, 7) is 3.08. The average molecular weight is 282 g/mol. The molecule has 1 N–H and O–H groups in total. The van der Waals surface area contributed by atoms with E-state index in [0.717, 1.165) is 12.5 Å². The van der Waals surface area contributed by atoms with E-state index >= 15 is 0 Å². The number of aryl methyl sites for hydroxylation is 1. The number of nitrogens with zero attached hydrogens (tertiary/aromatic N) is 1. The average Bonchev–Trinajstić information content (AvgIpc) is 2.48. The van der Waals surface area contributed by atoms with Crippen molar-refractivity contribution < 1.29 is 4.74 Å². The molecular formula is C18H22N2O. The number of benzene rings is 1. The first-order valence-corrected chi connectivity index (χ1v) is 7.54. The van der Waals surface area contributed by atoms with Gasteiger partial charge in [0.2, 0.25) is 5.88 Å². The predicted octanol–water partition coefficient (Wildman–Crippen LogP) is 3.43. The molecule has 3 heteroatoms. The minimum atomic E-state index is 0.622. The van der Waals surface area contributed by atoms with E-state index in [1.165, 1.54) is 29.5 Å². The van der Waals surface area contributed by atoms with Crippen LogP contribution in [0.25, 0.3) is 0 Å². The zero-order chi connectivity index (χ0) is 14.7. The maximum absolute atomic E-state index is 5.07. The van der Waals surface area contributed by atoms with Crippen LogP contribution < -0.4 is 10.1 Å². The van der Waals surface area contributed by atoms with Gasteiger partial charge < -0.3 is 10.1 Å². The molecule has 3 rings (SSSR count). The van der Waals surface area contributed by atoms with Gasteiger partial charge in [-0.05, 0) is 42.4 Å². The third kappa shape index (κ3) is 3.24. The summed E-state index contributed by atoms with van der Waals surface area (Å²) in [6, 6.07) is 13.3. The molecular weight excluding hydrogens is 260 g/mol. The second kappa shape index (κ2) is 6.27. The van der Waals surface area contributed by atoms with Crippen molar-refractivity contribution >= 4 is 0 Å². The highest BCUT2D eigenvalue weighted by atomic mass is 16.5. The normalized spacial score (nSPS) is 20.9. The van der Waals surface area contributed by atoms with Crippen molar-refractivity contribution in [2.24, 2.45) is 0 Å². The fourth-order valence-electron chi connectivity index (χ4n) is 2.98. The summed E-state index contributed by atoms with van der Waals surface area (Å²) < 4.78 is 5.07. The Hall–Kier alpha value is -1.87. The second-order valence-corrected chi connectivity index (χ2v) is 5.81. The zero-order valence-corrected chi connectivity index (χ0v) is 12.7. The Morgan fingerprint density at radius 1 is 1.19 bits per heavy atom. The van der Waals surface area contributed by atoms with Crippen LogP contribution in [0.15, 0.2) is 42.6 Å². The molecule has 0 saturated heterocycles. The molecule has 0 radical (unpaired) electrons. The van der Waals surface area contributed by atoms with Gasteiger partial charge >= 0.3 is 0 Å². The summed E-state index contributed by atoms with van der Waals surface area (Å²) in [5.74, 6) is 1.39. The molecule has 1 aliphatic rings. The van der Waals surface area contributed by atoms with Crippen molar-refractivity contribution in [3.8, 4) is 5.88 Å². The maximum Gasteiger partial charge on any atom is 0.212 e. The molecule has 1 saturated carbocycles. The smallest absolute Gasteiger partial charge is 0.212 e. The van der Waals surface area contributed by atoms with Gasteiger partial charge in [-0.1, -0.05) is 30.3 Å². The molecule has 2 aromatic rings. The summed E-state index contributed by atoms with van der Waals surface area (Å²) >= 11 is 0. The first kappa shape index (κ1) is 14.1. The molecule has 0 bridgehead atoms. The van der Waals surface area contributed by atoms with Crippen molar-refractivity contribution in [1.82, 2.24) is 10.3 Å². The Morgan fingerprint density at radius 3 is 2.67 bits per heavy atom. The molecule has 1 aromatic carbocycles. The number of hydrogen-bond donors (Lipinski definition) is 1. The lowest BCUT2D eigenvalue weighted by Crippen LogP contribution is -2.39. The van der Waals surface area contributed by atoms with E-state index in [-0.39, 0.29) is 0 Å². The fraction of sp³-hybridized carbons (Fsp3) is 0.389. The van der Waals surface area contributed by atoms with E-state index in [1.54, 1.807) is 7.11 Å². The molecule has 0 aliphatic heterocycles. The van der Waals surface area contributed by atoms with Crippen molar-refractivity contribution in [2.75, 3.05) is 7.11 Å². The van der Waals surface area contributed by atoms with Crippen LogP contribution in [0, 0.1) is 6.92 Å². The van der Waals surface area contributed by atoms with Crippen LogP contribution in [-0.2, 0) is 6.54 Å². The monoisotopic (exact) mass is 282 g/mol. The molecule has 110 valence electrons. The van der Waals surface area contributed by atoms with Crippen LogP contribution in [0.2, 0.25) is 0 Å². The number of nitrogens with one attached hydrogen (secondary N) is 1. The van der Waals surface area contributed by atoms with Gasteiger partial charge in [0.15, 0.2) is 0 Å². The Bertz CT molecular complexity index is 588. The minimum absolute atomic E-state index is 0.622. The molecule has 1 fully saturated rings. The molecule has 21 heavy (non-hydrogen) atoms. The summed E-state index contributed by atoms with van der Waals surface area (Å²) in [7, 11) is 1.64. The van der Waals surface area contributed by atoms with E-state index in [2.05, 4.69) is 47.6 Å². The Labute approximate surface area is 126 Å². The molecule has 1 heterocycles. The van der Waals surface area contributed by atoms with Crippen molar-refractivity contribution in [3.05, 3.63) is 59.3 Å². The van der Waals surface area contributed by atoms with Crippen LogP contribution >= 0.6 is 0 Å². The lowest BCUT2D eigenvalue weighted by atomic mass is 9.74. The quantitative estimate of drug-likeness (QED) is 0.912. The van der Waals surface area contributed by atoms with Gasteiger partial charge in [0.05, 0.1) is 7.11 Å². The van der Waals surface area contributed by atoms with Crippen molar-refractivity contribution in [3.63, 3.8) is 0 Å². The summed E-state index contributed by atoms with van der Waals surface area (Å²) in [6.07, 6.45) is 4.34. The van der Waals surface area contributed by atoms with Crippen molar-refractivity contribution in [2.45, 2.75) is 38.3 Å². The van der Waals surface area contributed by atoms with Crippen LogP contribution in [0.3, 0.4) is 0 Å². The standard InChI is InChI=1S/C18H22N2O/c1-13-5-3-4-6-17(13)15-9-16(10-15)19-11-14-7-8-18(21-2)20-12-14/h3-8,12,15-16,19H,9-11H2,1-2H3. The predicted molar refractivity (Wildman–Crippen MR) is 84.6 cm³/mol. The molecule has 3 nitrogen and oxygen atoms in total. The van der Waals surface area contributed by atoms with Crippen LogP contribution in [0.1, 0.15) is 35.4 Å². The number of ether oxygens (including phenoxy) is 1. The Kier molecular flexibility index (Phi) is 4.20.